The maximum absolute atomic E-state index is 13.7. The van der Waals surface area contributed by atoms with Crippen LogP contribution in [0.5, 0.6) is 17.2 Å². The van der Waals surface area contributed by atoms with Crippen LogP contribution in [0.1, 0.15) is 57.9 Å². The highest BCUT2D eigenvalue weighted by molar-refractivity contribution is 7.17. The minimum Gasteiger partial charge on any atom is -0.507 e. The molecule has 1 unspecified atom stereocenters. The van der Waals surface area contributed by atoms with Gasteiger partial charge in [-0.1, -0.05) is 73.2 Å². The number of unbranched alkanes of at least 4 members (excludes halogenated alkanes) is 1. The van der Waals surface area contributed by atoms with Crippen molar-refractivity contribution in [3.05, 3.63) is 106 Å². The first kappa shape index (κ1) is 32.2. The number of Topliss-reactive ketones (excluding diaryl/α,β-unsaturated/α-hetero) is 1. The highest BCUT2D eigenvalue weighted by Crippen LogP contribution is 2.45. The number of thiazole rings is 1. The van der Waals surface area contributed by atoms with E-state index in [1.807, 2.05) is 30.3 Å². The van der Waals surface area contributed by atoms with Crippen LogP contribution in [0.3, 0.4) is 0 Å². The summed E-state index contributed by atoms with van der Waals surface area (Å²) in [5.41, 5.74) is 1.91. The van der Waals surface area contributed by atoms with Gasteiger partial charge in [-0.3, -0.25) is 14.5 Å². The summed E-state index contributed by atoms with van der Waals surface area (Å²) in [5, 5.41) is 11.8. The molecule has 0 spiro atoms. The van der Waals surface area contributed by atoms with E-state index in [4.69, 9.17) is 18.9 Å². The maximum Gasteiger partial charge on any atom is 0.350 e. The highest BCUT2D eigenvalue weighted by atomic mass is 32.1. The first-order chi connectivity index (χ1) is 22.3. The summed E-state index contributed by atoms with van der Waals surface area (Å²) in [6.45, 7) is 4.46. The second-order valence-corrected chi connectivity index (χ2v) is 11.5. The van der Waals surface area contributed by atoms with Gasteiger partial charge in [-0.15, -0.1) is 0 Å². The molecule has 46 heavy (non-hydrogen) atoms. The average molecular weight is 643 g/mol. The van der Waals surface area contributed by atoms with E-state index in [9.17, 15) is 19.5 Å². The molecular formula is C35H34N2O8S. The molecule has 1 atom stereocenters. The fourth-order valence-electron chi connectivity index (χ4n) is 5.04. The van der Waals surface area contributed by atoms with Gasteiger partial charge >= 0.3 is 11.9 Å². The molecule has 1 N–H and O–H groups in total. The van der Waals surface area contributed by atoms with Crippen molar-refractivity contribution in [2.45, 2.75) is 39.3 Å². The molecule has 5 rings (SSSR count). The molecule has 0 bridgehead atoms. The van der Waals surface area contributed by atoms with Crippen molar-refractivity contribution in [2.24, 2.45) is 0 Å². The standard InChI is InChI=1S/C35H34N2O8S/c1-5-6-17-44-25-14-10-13-24(18-25)30(38)28-29(37(33(40)31(28)39)35-36-21(2)32(46-35)34(41)43-4)23-15-16-26(27(19-23)42-3)45-20-22-11-8-7-9-12-22/h7-16,18-19,29,38H,5-6,17,20H2,1-4H3. The number of ketones is 1. The Labute approximate surface area is 270 Å². The number of aryl methyl sites for hydroxylation is 1. The van der Waals surface area contributed by atoms with Gasteiger partial charge in [0.25, 0.3) is 5.78 Å². The van der Waals surface area contributed by atoms with Gasteiger partial charge in [0.1, 0.15) is 23.0 Å². The number of nitrogens with zero attached hydrogens (tertiary/aromatic N) is 2. The molecule has 2 heterocycles. The van der Waals surface area contributed by atoms with Crippen molar-refractivity contribution in [3.8, 4) is 17.2 Å². The Kier molecular flexibility index (Phi) is 10.0. The lowest BCUT2D eigenvalue weighted by Crippen LogP contribution is -2.29. The van der Waals surface area contributed by atoms with E-state index < -0.39 is 23.7 Å². The largest absolute Gasteiger partial charge is 0.507 e. The van der Waals surface area contributed by atoms with Gasteiger partial charge in [0.2, 0.25) is 0 Å². The lowest BCUT2D eigenvalue weighted by molar-refractivity contribution is -0.132. The van der Waals surface area contributed by atoms with Crippen molar-refractivity contribution in [3.63, 3.8) is 0 Å². The Morgan fingerprint density at radius 1 is 0.978 bits per heavy atom. The molecule has 3 aromatic carbocycles. The van der Waals surface area contributed by atoms with E-state index in [-0.39, 0.29) is 21.3 Å². The van der Waals surface area contributed by atoms with E-state index in [2.05, 4.69) is 11.9 Å². The summed E-state index contributed by atoms with van der Waals surface area (Å²) in [5.74, 6) is -1.49. The van der Waals surface area contributed by atoms with Crippen LogP contribution in [0.25, 0.3) is 5.76 Å². The molecule has 0 radical (unpaired) electrons. The number of aromatic nitrogens is 1. The Balaban J connectivity index is 1.62. The van der Waals surface area contributed by atoms with Gasteiger partial charge < -0.3 is 24.1 Å². The summed E-state index contributed by atoms with van der Waals surface area (Å²) >= 11 is 0.923. The fourth-order valence-corrected chi connectivity index (χ4v) is 6.06. The van der Waals surface area contributed by atoms with Crippen molar-refractivity contribution in [1.82, 2.24) is 4.98 Å². The Morgan fingerprint density at radius 3 is 2.48 bits per heavy atom. The van der Waals surface area contributed by atoms with Crippen molar-refractivity contribution in [2.75, 3.05) is 25.7 Å². The van der Waals surface area contributed by atoms with Crippen LogP contribution in [-0.4, -0.2) is 48.6 Å². The second-order valence-electron chi connectivity index (χ2n) is 10.5. The molecule has 1 aromatic heterocycles. The van der Waals surface area contributed by atoms with Gasteiger partial charge in [0.15, 0.2) is 16.6 Å². The van der Waals surface area contributed by atoms with Crippen molar-refractivity contribution in [1.29, 1.82) is 0 Å². The first-order valence-corrected chi connectivity index (χ1v) is 15.5. The number of carbonyl (C=O) groups excluding carboxylic acids is 3. The van der Waals surface area contributed by atoms with Gasteiger partial charge in [0, 0.05) is 5.56 Å². The number of hydrogen-bond acceptors (Lipinski definition) is 10. The number of methoxy groups -OCH3 is 2. The van der Waals surface area contributed by atoms with Crippen LogP contribution < -0.4 is 19.1 Å². The van der Waals surface area contributed by atoms with Gasteiger partial charge in [-0.25, -0.2) is 9.78 Å². The number of rotatable bonds is 12. The number of aliphatic hydroxyl groups is 1. The summed E-state index contributed by atoms with van der Waals surface area (Å²) in [6, 6.07) is 20.3. The molecule has 0 saturated carbocycles. The van der Waals surface area contributed by atoms with Crippen LogP contribution in [0.2, 0.25) is 0 Å². The summed E-state index contributed by atoms with van der Waals surface area (Å²) in [4.78, 5) is 45.7. The SMILES string of the molecule is CCCCOc1cccc(C(O)=C2C(=O)C(=O)N(c3nc(C)c(C(=O)OC)s3)C2c2ccc(OCc3ccccc3)c(OC)c2)c1. The molecule has 1 saturated heterocycles. The molecule has 1 aliphatic heterocycles. The molecular weight excluding hydrogens is 608 g/mol. The quantitative estimate of drug-likeness (QED) is 0.0596. The average Bonchev–Trinajstić information content (AvgIpc) is 3.59. The number of ether oxygens (including phenoxy) is 4. The summed E-state index contributed by atoms with van der Waals surface area (Å²) < 4.78 is 22.4. The zero-order chi connectivity index (χ0) is 32.8. The zero-order valence-electron chi connectivity index (χ0n) is 25.9. The Morgan fingerprint density at radius 2 is 1.76 bits per heavy atom. The van der Waals surface area contributed by atoms with E-state index in [1.165, 1.54) is 19.1 Å². The molecule has 0 aliphatic carbocycles. The van der Waals surface area contributed by atoms with Crippen LogP contribution in [0.15, 0.2) is 78.4 Å². The third kappa shape index (κ3) is 6.59. The second kappa shape index (κ2) is 14.3. The predicted molar refractivity (Wildman–Crippen MR) is 174 cm³/mol. The molecule has 4 aromatic rings. The maximum atomic E-state index is 13.7. The molecule has 238 valence electrons. The normalized spacial score (nSPS) is 15.6. The minimum atomic E-state index is -1.11. The minimum absolute atomic E-state index is 0.101. The third-order valence-corrected chi connectivity index (χ3v) is 8.56. The van der Waals surface area contributed by atoms with Crippen LogP contribution in [0.4, 0.5) is 5.13 Å². The molecule has 1 amide bonds. The smallest absolute Gasteiger partial charge is 0.350 e. The van der Waals surface area contributed by atoms with E-state index in [0.717, 1.165) is 29.7 Å². The summed E-state index contributed by atoms with van der Waals surface area (Å²) in [6.07, 6.45) is 1.81. The van der Waals surface area contributed by atoms with E-state index >= 15 is 0 Å². The highest BCUT2D eigenvalue weighted by Gasteiger charge is 2.48. The first-order valence-electron chi connectivity index (χ1n) is 14.7. The predicted octanol–water partition coefficient (Wildman–Crippen LogP) is 6.63. The summed E-state index contributed by atoms with van der Waals surface area (Å²) in [7, 11) is 2.74. The van der Waals surface area contributed by atoms with E-state index in [1.54, 1.807) is 49.4 Å². The monoisotopic (exact) mass is 642 g/mol. The number of amides is 1. The van der Waals surface area contributed by atoms with Crippen LogP contribution >= 0.6 is 11.3 Å². The van der Waals surface area contributed by atoms with Gasteiger partial charge in [-0.2, -0.15) is 0 Å². The number of aliphatic hydroxyl groups excluding tert-OH is 1. The number of anilines is 1. The fraction of sp³-hybridized carbons (Fsp3) is 0.257. The number of esters is 1. The topological polar surface area (TPSA) is 124 Å². The number of carbonyl (C=O) groups is 3. The third-order valence-electron chi connectivity index (χ3n) is 7.42. The molecule has 11 heteroatoms. The molecule has 1 fully saturated rings. The van der Waals surface area contributed by atoms with Gasteiger partial charge in [-0.05, 0) is 48.7 Å². The van der Waals surface area contributed by atoms with E-state index in [0.29, 0.717) is 47.3 Å². The lowest BCUT2D eigenvalue weighted by Gasteiger charge is -2.24. The molecule has 1 aliphatic rings. The molecule has 10 nitrogen and oxygen atoms in total. The zero-order valence-corrected chi connectivity index (χ0v) is 26.8. The van der Waals surface area contributed by atoms with Crippen LogP contribution in [0, 0.1) is 6.92 Å². The Hall–Kier alpha value is -5.16. The van der Waals surface area contributed by atoms with Crippen molar-refractivity contribution < 1.29 is 38.4 Å². The lowest BCUT2D eigenvalue weighted by atomic mass is 9.95. The Bertz CT molecular complexity index is 1780. The van der Waals surface area contributed by atoms with Crippen molar-refractivity contribution >= 4 is 39.9 Å². The van der Waals surface area contributed by atoms with Gasteiger partial charge in [0.05, 0.1) is 38.1 Å². The number of hydrogen-bond donors (Lipinski definition) is 1. The van der Waals surface area contributed by atoms with Crippen LogP contribution in [-0.2, 0) is 20.9 Å². The number of benzene rings is 3.